The molecule has 2 rings (SSSR count). The van der Waals surface area contributed by atoms with Crippen LogP contribution in [0.1, 0.15) is 18.5 Å². The summed E-state index contributed by atoms with van der Waals surface area (Å²) in [5, 5.41) is 0. The first-order valence-electron chi connectivity index (χ1n) is 7.17. The number of benzene rings is 1. The van der Waals surface area contributed by atoms with Crippen LogP contribution in [0.4, 0.5) is 4.79 Å². The molecule has 0 spiro atoms. The van der Waals surface area contributed by atoms with Crippen molar-refractivity contribution >= 4 is 6.09 Å². The third-order valence-electron chi connectivity index (χ3n) is 3.69. The minimum absolute atomic E-state index is 0.212. The first kappa shape index (κ1) is 14.8. The van der Waals surface area contributed by atoms with E-state index in [1.54, 1.807) is 4.90 Å². The van der Waals surface area contributed by atoms with Gasteiger partial charge in [0.25, 0.3) is 0 Å². The van der Waals surface area contributed by atoms with Gasteiger partial charge in [-0.25, -0.2) is 4.79 Å². The van der Waals surface area contributed by atoms with Gasteiger partial charge >= 0.3 is 6.09 Å². The van der Waals surface area contributed by atoms with Gasteiger partial charge in [0.05, 0.1) is 6.61 Å². The van der Waals surface area contributed by atoms with E-state index >= 15 is 0 Å². The Balaban J connectivity index is 1.94. The van der Waals surface area contributed by atoms with Gasteiger partial charge in [0.1, 0.15) is 0 Å². The van der Waals surface area contributed by atoms with Crippen LogP contribution < -0.4 is 5.73 Å². The molecule has 1 unspecified atom stereocenters. The lowest BCUT2D eigenvalue weighted by Gasteiger charge is -2.38. The summed E-state index contributed by atoms with van der Waals surface area (Å²) in [5.74, 6) is 0. The zero-order valence-corrected chi connectivity index (χ0v) is 12.0. The van der Waals surface area contributed by atoms with Gasteiger partial charge < -0.3 is 15.4 Å². The molecular weight excluding hydrogens is 254 g/mol. The number of hydrogen-bond acceptors (Lipinski definition) is 4. The standard InChI is InChI=1S/C15H23N3O2/c1-2-20-15(19)18-10-8-17(9-11-18)14(12-16)13-6-4-3-5-7-13/h3-7,14H,2,8-12,16H2,1H3. The van der Waals surface area contributed by atoms with Crippen LogP contribution in [0, 0.1) is 0 Å². The van der Waals surface area contributed by atoms with E-state index in [0.717, 1.165) is 13.1 Å². The van der Waals surface area contributed by atoms with Crippen LogP contribution in [0.5, 0.6) is 0 Å². The first-order valence-corrected chi connectivity index (χ1v) is 7.17. The lowest BCUT2D eigenvalue weighted by atomic mass is 10.0. The van der Waals surface area contributed by atoms with Gasteiger partial charge in [-0.15, -0.1) is 0 Å². The zero-order valence-electron chi connectivity index (χ0n) is 12.0. The molecule has 1 aliphatic rings. The SMILES string of the molecule is CCOC(=O)N1CCN(C(CN)c2ccccc2)CC1. The summed E-state index contributed by atoms with van der Waals surface area (Å²) in [4.78, 5) is 15.8. The van der Waals surface area contributed by atoms with Crippen molar-refractivity contribution in [3.63, 3.8) is 0 Å². The van der Waals surface area contributed by atoms with Crippen molar-refractivity contribution in [3.8, 4) is 0 Å². The summed E-state index contributed by atoms with van der Waals surface area (Å²) in [6, 6.07) is 10.5. The van der Waals surface area contributed by atoms with Gasteiger partial charge in [-0.05, 0) is 12.5 Å². The monoisotopic (exact) mass is 277 g/mol. The van der Waals surface area contributed by atoms with Gasteiger partial charge in [0.15, 0.2) is 0 Å². The molecule has 1 amide bonds. The van der Waals surface area contributed by atoms with Crippen LogP contribution in [-0.4, -0.2) is 55.2 Å². The first-order chi connectivity index (χ1) is 9.76. The average Bonchev–Trinajstić information content (AvgIpc) is 2.50. The van der Waals surface area contributed by atoms with E-state index in [9.17, 15) is 4.79 Å². The van der Waals surface area contributed by atoms with Crippen molar-refractivity contribution in [2.24, 2.45) is 5.73 Å². The van der Waals surface area contributed by atoms with Crippen molar-refractivity contribution in [2.45, 2.75) is 13.0 Å². The Morgan fingerprint density at radius 1 is 1.25 bits per heavy atom. The number of piperazine rings is 1. The number of rotatable bonds is 4. The highest BCUT2D eigenvalue weighted by molar-refractivity contribution is 5.67. The van der Waals surface area contributed by atoms with Crippen molar-refractivity contribution in [1.82, 2.24) is 9.80 Å². The van der Waals surface area contributed by atoms with E-state index in [1.807, 2.05) is 25.1 Å². The Kier molecular flexibility index (Phi) is 5.38. The predicted molar refractivity (Wildman–Crippen MR) is 78.4 cm³/mol. The number of amides is 1. The van der Waals surface area contributed by atoms with E-state index in [-0.39, 0.29) is 12.1 Å². The van der Waals surface area contributed by atoms with Crippen LogP contribution in [0.2, 0.25) is 0 Å². The number of nitrogens with zero attached hydrogens (tertiary/aromatic N) is 2. The van der Waals surface area contributed by atoms with Gasteiger partial charge in [-0.3, -0.25) is 4.90 Å². The van der Waals surface area contributed by atoms with Crippen LogP contribution >= 0.6 is 0 Å². The quantitative estimate of drug-likeness (QED) is 0.905. The normalized spacial score (nSPS) is 17.8. The zero-order chi connectivity index (χ0) is 14.4. The molecule has 0 radical (unpaired) electrons. The molecule has 5 nitrogen and oxygen atoms in total. The van der Waals surface area contributed by atoms with Gasteiger partial charge in [-0.2, -0.15) is 0 Å². The molecule has 1 fully saturated rings. The highest BCUT2D eigenvalue weighted by Gasteiger charge is 2.26. The van der Waals surface area contributed by atoms with Gasteiger partial charge in [-0.1, -0.05) is 30.3 Å². The summed E-state index contributed by atoms with van der Waals surface area (Å²) in [6.45, 7) is 5.89. The third kappa shape index (κ3) is 3.49. The summed E-state index contributed by atoms with van der Waals surface area (Å²) in [7, 11) is 0. The molecule has 0 aliphatic carbocycles. The van der Waals surface area contributed by atoms with Crippen LogP contribution in [0.15, 0.2) is 30.3 Å². The minimum Gasteiger partial charge on any atom is -0.450 e. The van der Waals surface area contributed by atoms with E-state index in [4.69, 9.17) is 10.5 Å². The van der Waals surface area contributed by atoms with Crippen molar-refractivity contribution in [1.29, 1.82) is 0 Å². The van der Waals surface area contributed by atoms with Crippen molar-refractivity contribution in [3.05, 3.63) is 35.9 Å². The second-order valence-electron chi connectivity index (χ2n) is 4.88. The topological polar surface area (TPSA) is 58.8 Å². The van der Waals surface area contributed by atoms with Crippen LogP contribution in [0.3, 0.4) is 0 Å². The predicted octanol–water partition coefficient (Wildman–Crippen LogP) is 1.46. The van der Waals surface area contributed by atoms with Crippen molar-refractivity contribution in [2.75, 3.05) is 39.3 Å². The number of ether oxygens (including phenoxy) is 1. The second-order valence-corrected chi connectivity index (χ2v) is 4.88. The number of carbonyl (C=O) groups excluding carboxylic acids is 1. The average molecular weight is 277 g/mol. The fourth-order valence-corrected chi connectivity index (χ4v) is 2.60. The maximum Gasteiger partial charge on any atom is 0.409 e. The Hall–Kier alpha value is -1.59. The van der Waals surface area contributed by atoms with E-state index < -0.39 is 0 Å². The Morgan fingerprint density at radius 3 is 2.45 bits per heavy atom. The molecule has 1 saturated heterocycles. The smallest absolute Gasteiger partial charge is 0.409 e. The largest absolute Gasteiger partial charge is 0.450 e. The van der Waals surface area contributed by atoms with E-state index in [2.05, 4.69) is 17.0 Å². The Bertz CT molecular complexity index is 416. The Morgan fingerprint density at radius 2 is 1.90 bits per heavy atom. The van der Waals surface area contributed by atoms with Crippen molar-refractivity contribution < 1.29 is 9.53 Å². The number of carbonyl (C=O) groups is 1. The molecule has 0 bridgehead atoms. The molecule has 1 aliphatic heterocycles. The molecule has 0 saturated carbocycles. The van der Waals surface area contributed by atoms with Gasteiger partial charge in [0.2, 0.25) is 0 Å². The summed E-state index contributed by atoms with van der Waals surface area (Å²) >= 11 is 0. The maximum atomic E-state index is 11.7. The molecule has 20 heavy (non-hydrogen) atoms. The Labute approximate surface area is 120 Å². The molecule has 110 valence electrons. The highest BCUT2D eigenvalue weighted by Crippen LogP contribution is 2.21. The lowest BCUT2D eigenvalue weighted by Crippen LogP contribution is -2.50. The number of nitrogens with two attached hydrogens (primary N) is 1. The molecule has 1 aromatic carbocycles. The second kappa shape index (κ2) is 7.26. The summed E-state index contributed by atoms with van der Waals surface area (Å²) in [6.07, 6.45) is -0.212. The summed E-state index contributed by atoms with van der Waals surface area (Å²) in [5.41, 5.74) is 7.17. The molecule has 1 aromatic rings. The maximum absolute atomic E-state index is 11.7. The molecule has 0 aromatic heterocycles. The third-order valence-corrected chi connectivity index (χ3v) is 3.69. The molecule has 5 heteroatoms. The lowest BCUT2D eigenvalue weighted by molar-refractivity contribution is 0.0671. The molecule has 2 N–H and O–H groups in total. The van der Waals surface area contributed by atoms with Crippen LogP contribution in [-0.2, 0) is 4.74 Å². The molecule has 1 heterocycles. The van der Waals surface area contributed by atoms with E-state index in [1.165, 1.54) is 5.56 Å². The number of hydrogen-bond donors (Lipinski definition) is 1. The fourth-order valence-electron chi connectivity index (χ4n) is 2.60. The fraction of sp³-hybridized carbons (Fsp3) is 0.533. The molecular formula is C15H23N3O2. The highest BCUT2D eigenvalue weighted by atomic mass is 16.6. The minimum atomic E-state index is -0.212. The van der Waals surface area contributed by atoms with Gasteiger partial charge in [0, 0.05) is 38.8 Å². The van der Waals surface area contributed by atoms with E-state index in [0.29, 0.717) is 26.2 Å². The van der Waals surface area contributed by atoms with Crippen LogP contribution in [0.25, 0.3) is 0 Å². The molecule has 1 atom stereocenters. The summed E-state index contributed by atoms with van der Waals surface area (Å²) < 4.78 is 5.03.